The second-order valence-corrected chi connectivity index (χ2v) is 6.43. The van der Waals surface area contributed by atoms with Gasteiger partial charge in [0.05, 0.1) is 6.61 Å². The molecule has 1 aromatic rings. The van der Waals surface area contributed by atoms with Crippen molar-refractivity contribution in [2.45, 2.75) is 45.2 Å². The third kappa shape index (κ3) is 5.10. The summed E-state index contributed by atoms with van der Waals surface area (Å²) >= 11 is 0. The number of hydrogen-bond donors (Lipinski definition) is 1. The summed E-state index contributed by atoms with van der Waals surface area (Å²) in [6.45, 7) is 6.95. The van der Waals surface area contributed by atoms with Crippen LogP contribution < -0.4 is 5.73 Å². The van der Waals surface area contributed by atoms with Gasteiger partial charge in [0.25, 0.3) is 0 Å². The largest absolute Gasteiger partial charge is 0.380 e. The number of hydrogen-bond acceptors (Lipinski definition) is 3. The lowest BCUT2D eigenvalue weighted by atomic mass is 9.95. The summed E-state index contributed by atoms with van der Waals surface area (Å²) in [5.74, 6) is 0.834. The average molecular weight is 290 g/mol. The van der Waals surface area contributed by atoms with Gasteiger partial charge in [0.15, 0.2) is 0 Å². The number of likely N-dealkylation sites (N-methyl/N-ethyl adjacent to an activating group) is 1. The fourth-order valence-electron chi connectivity index (χ4n) is 2.79. The molecule has 2 N–H and O–H groups in total. The molecule has 0 aromatic heterocycles. The number of nitrogens with two attached hydrogens (primary N) is 1. The van der Waals surface area contributed by atoms with Gasteiger partial charge >= 0.3 is 0 Å². The van der Waals surface area contributed by atoms with E-state index in [0.29, 0.717) is 0 Å². The first-order chi connectivity index (χ1) is 10.1. The molecule has 0 saturated heterocycles. The minimum absolute atomic E-state index is 0.153. The van der Waals surface area contributed by atoms with E-state index in [1.165, 1.54) is 24.0 Å². The molecule has 0 amide bonds. The van der Waals surface area contributed by atoms with E-state index < -0.39 is 0 Å². The molecule has 1 fully saturated rings. The van der Waals surface area contributed by atoms with E-state index in [9.17, 15) is 0 Å². The highest BCUT2D eigenvalue weighted by Gasteiger charge is 2.24. The Hall–Kier alpha value is -0.900. The van der Waals surface area contributed by atoms with Gasteiger partial charge in [0.1, 0.15) is 0 Å². The summed E-state index contributed by atoms with van der Waals surface area (Å²) in [5, 5.41) is 0. The molecule has 2 unspecified atom stereocenters. The van der Waals surface area contributed by atoms with Crippen molar-refractivity contribution < 1.29 is 4.74 Å². The third-order valence-electron chi connectivity index (χ3n) is 4.37. The van der Waals surface area contributed by atoms with Crippen molar-refractivity contribution in [1.29, 1.82) is 0 Å². The van der Waals surface area contributed by atoms with Gasteiger partial charge in [-0.05, 0) is 44.7 Å². The average Bonchev–Trinajstić information content (AvgIpc) is 3.28. The van der Waals surface area contributed by atoms with Crippen LogP contribution in [0.25, 0.3) is 0 Å². The van der Waals surface area contributed by atoms with Crippen molar-refractivity contribution in [2.24, 2.45) is 11.7 Å². The monoisotopic (exact) mass is 290 g/mol. The van der Waals surface area contributed by atoms with E-state index in [2.05, 4.69) is 50.1 Å². The molecule has 1 aliphatic carbocycles. The van der Waals surface area contributed by atoms with E-state index >= 15 is 0 Å². The van der Waals surface area contributed by atoms with Crippen LogP contribution >= 0.6 is 0 Å². The second-order valence-electron chi connectivity index (χ2n) is 6.43. The third-order valence-corrected chi connectivity index (χ3v) is 4.37. The van der Waals surface area contributed by atoms with Crippen LogP contribution in [-0.2, 0) is 4.74 Å². The molecule has 0 spiro atoms. The smallest absolute Gasteiger partial charge is 0.0593 e. The Morgan fingerprint density at radius 3 is 2.76 bits per heavy atom. The molecule has 1 aromatic carbocycles. The number of nitrogens with zero attached hydrogens (tertiary/aromatic N) is 1. The predicted octanol–water partition coefficient (Wildman–Crippen LogP) is 3.13. The Balaban J connectivity index is 1.93. The minimum atomic E-state index is 0.153. The maximum atomic E-state index is 6.38. The van der Waals surface area contributed by atoms with Crippen molar-refractivity contribution in [3.05, 3.63) is 35.4 Å². The van der Waals surface area contributed by atoms with Gasteiger partial charge in [-0.25, -0.2) is 0 Å². The van der Waals surface area contributed by atoms with E-state index in [0.717, 1.165) is 32.1 Å². The standard InChI is InChI=1S/C18H30N2O/c1-4-17(19)18(16-7-5-6-14(2)12-16)20(3)10-11-21-13-15-8-9-15/h5-7,12,15,17-18H,4,8-11,13,19H2,1-3H3. The van der Waals surface area contributed by atoms with Gasteiger partial charge < -0.3 is 10.5 Å². The van der Waals surface area contributed by atoms with Crippen molar-refractivity contribution in [3.8, 4) is 0 Å². The molecule has 0 heterocycles. The van der Waals surface area contributed by atoms with Gasteiger partial charge in [-0.1, -0.05) is 36.8 Å². The Bertz CT molecular complexity index is 431. The molecule has 0 aliphatic heterocycles. The highest BCUT2D eigenvalue weighted by molar-refractivity contribution is 5.26. The van der Waals surface area contributed by atoms with Crippen LogP contribution in [0.5, 0.6) is 0 Å². The molecule has 0 bridgehead atoms. The fraction of sp³-hybridized carbons (Fsp3) is 0.667. The zero-order valence-electron chi connectivity index (χ0n) is 13.7. The van der Waals surface area contributed by atoms with Crippen LogP contribution in [0, 0.1) is 12.8 Å². The van der Waals surface area contributed by atoms with Gasteiger partial charge in [-0.15, -0.1) is 0 Å². The number of aryl methyl sites for hydroxylation is 1. The van der Waals surface area contributed by atoms with Crippen molar-refractivity contribution in [3.63, 3.8) is 0 Å². The number of benzene rings is 1. The fourth-order valence-corrected chi connectivity index (χ4v) is 2.79. The van der Waals surface area contributed by atoms with E-state index in [1.807, 2.05) is 0 Å². The lowest BCUT2D eigenvalue weighted by Crippen LogP contribution is -2.40. The van der Waals surface area contributed by atoms with Crippen LogP contribution in [0.3, 0.4) is 0 Å². The Kier molecular flexibility index (Phi) is 6.22. The normalized spacial score (nSPS) is 18.0. The maximum Gasteiger partial charge on any atom is 0.0593 e. The molecule has 1 aliphatic rings. The Morgan fingerprint density at radius 1 is 1.38 bits per heavy atom. The molecule has 21 heavy (non-hydrogen) atoms. The van der Waals surface area contributed by atoms with Gasteiger partial charge in [0, 0.05) is 25.2 Å². The van der Waals surface area contributed by atoms with E-state index in [4.69, 9.17) is 10.5 Å². The van der Waals surface area contributed by atoms with E-state index in [1.54, 1.807) is 0 Å². The molecule has 0 radical (unpaired) electrons. The SMILES string of the molecule is CCC(N)C(c1cccc(C)c1)N(C)CCOCC1CC1. The Labute approximate surface area is 129 Å². The van der Waals surface area contributed by atoms with Crippen LogP contribution in [0.2, 0.25) is 0 Å². The highest BCUT2D eigenvalue weighted by atomic mass is 16.5. The molecule has 3 heteroatoms. The van der Waals surface area contributed by atoms with Crippen LogP contribution in [-0.4, -0.2) is 37.7 Å². The molecule has 118 valence electrons. The molecule has 1 saturated carbocycles. The van der Waals surface area contributed by atoms with Crippen molar-refractivity contribution in [2.75, 3.05) is 26.8 Å². The summed E-state index contributed by atoms with van der Waals surface area (Å²) < 4.78 is 5.77. The van der Waals surface area contributed by atoms with Crippen molar-refractivity contribution >= 4 is 0 Å². The quantitative estimate of drug-likeness (QED) is 0.710. The first-order valence-electron chi connectivity index (χ1n) is 8.22. The first kappa shape index (κ1) is 16.5. The summed E-state index contributed by atoms with van der Waals surface area (Å²) in [7, 11) is 2.16. The minimum Gasteiger partial charge on any atom is -0.380 e. The summed E-state index contributed by atoms with van der Waals surface area (Å²) in [4.78, 5) is 2.34. The Morgan fingerprint density at radius 2 is 2.14 bits per heavy atom. The number of ether oxygens (including phenoxy) is 1. The van der Waals surface area contributed by atoms with Gasteiger partial charge in [-0.3, -0.25) is 4.90 Å². The zero-order valence-corrected chi connectivity index (χ0v) is 13.7. The number of rotatable bonds is 9. The predicted molar refractivity (Wildman–Crippen MR) is 88.4 cm³/mol. The zero-order chi connectivity index (χ0) is 15.2. The van der Waals surface area contributed by atoms with Gasteiger partial charge in [0.2, 0.25) is 0 Å². The molecule has 2 rings (SSSR count). The van der Waals surface area contributed by atoms with Gasteiger partial charge in [-0.2, -0.15) is 0 Å². The molecule has 3 nitrogen and oxygen atoms in total. The summed E-state index contributed by atoms with van der Waals surface area (Å²) in [6.07, 6.45) is 3.68. The lowest BCUT2D eigenvalue weighted by Gasteiger charge is -2.33. The van der Waals surface area contributed by atoms with Crippen LogP contribution in [0.1, 0.15) is 43.4 Å². The summed E-state index contributed by atoms with van der Waals surface area (Å²) in [5.41, 5.74) is 8.99. The summed E-state index contributed by atoms with van der Waals surface area (Å²) in [6, 6.07) is 9.12. The van der Waals surface area contributed by atoms with E-state index in [-0.39, 0.29) is 12.1 Å². The maximum absolute atomic E-state index is 6.38. The van der Waals surface area contributed by atoms with Crippen LogP contribution in [0.4, 0.5) is 0 Å². The van der Waals surface area contributed by atoms with Crippen LogP contribution in [0.15, 0.2) is 24.3 Å². The molecule has 2 atom stereocenters. The molecular formula is C18H30N2O. The highest BCUT2D eigenvalue weighted by Crippen LogP contribution is 2.29. The topological polar surface area (TPSA) is 38.5 Å². The second kappa shape index (κ2) is 7.92. The molecular weight excluding hydrogens is 260 g/mol. The van der Waals surface area contributed by atoms with Crippen molar-refractivity contribution in [1.82, 2.24) is 4.90 Å². The lowest BCUT2D eigenvalue weighted by molar-refractivity contribution is 0.0861. The first-order valence-corrected chi connectivity index (χ1v) is 8.22.